The quantitative estimate of drug-likeness (QED) is 0.928. The van der Waals surface area contributed by atoms with E-state index in [0.717, 1.165) is 10.8 Å². The molecule has 5 heteroatoms. The lowest BCUT2D eigenvalue weighted by molar-refractivity contribution is -0.143. The summed E-state index contributed by atoms with van der Waals surface area (Å²) in [5, 5.41) is 10.5. The zero-order valence-electron chi connectivity index (χ0n) is 12.0. The first-order valence-corrected chi connectivity index (χ1v) is 7.26. The molecule has 0 radical (unpaired) electrons. The third kappa shape index (κ3) is 2.66. The van der Waals surface area contributed by atoms with Gasteiger partial charge < -0.3 is 10.0 Å². The van der Waals surface area contributed by atoms with Crippen LogP contribution >= 0.6 is 0 Å². The van der Waals surface area contributed by atoms with Gasteiger partial charge in [-0.2, -0.15) is 0 Å². The summed E-state index contributed by atoms with van der Waals surface area (Å²) in [5.74, 6) is -2.15. The monoisotopic (exact) mass is 301 g/mol. The van der Waals surface area contributed by atoms with Crippen molar-refractivity contribution in [3.05, 3.63) is 47.8 Å². The van der Waals surface area contributed by atoms with Crippen LogP contribution in [0.15, 0.2) is 36.4 Å². The third-order valence-electron chi connectivity index (χ3n) is 4.20. The Hall–Kier alpha value is -2.43. The fraction of sp³-hybridized carbons (Fsp3) is 0.294. The third-order valence-corrected chi connectivity index (χ3v) is 4.20. The molecule has 4 nitrogen and oxygen atoms in total. The number of hydrogen-bond acceptors (Lipinski definition) is 2. The second-order valence-corrected chi connectivity index (χ2v) is 5.58. The summed E-state index contributed by atoms with van der Waals surface area (Å²) < 4.78 is 14.2. The van der Waals surface area contributed by atoms with E-state index in [1.54, 1.807) is 12.1 Å². The van der Waals surface area contributed by atoms with Gasteiger partial charge in [0, 0.05) is 13.1 Å². The standard InChI is InChI=1S/C17H16FNO3/c18-15-10-13-4-2-1-3-12(13)9-14(15)16(20)19-7-5-11(6-8-19)17(21)22/h1-4,9-11H,5-8H2,(H,21,22). The minimum atomic E-state index is -0.830. The topological polar surface area (TPSA) is 57.6 Å². The van der Waals surface area contributed by atoms with Gasteiger partial charge in [-0.25, -0.2) is 4.39 Å². The van der Waals surface area contributed by atoms with E-state index in [0.29, 0.717) is 25.9 Å². The summed E-state index contributed by atoms with van der Waals surface area (Å²) in [4.78, 5) is 25.0. The molecule has 114 valence electrons. The Morgan fingerprint density at radius 1 is 1.09 bits per heavy atom. The number of carbonyl (C=O) groups is 2. The molecule has 2 aromatic rings. The SMILES string of the molecule is O=C(O)C1CCN(C(=O)c2cc3ccccc3cc2F)CC1. The Labute approximate surface area is 127 Å². The molecule has 1 saturated heterocycles. The van der Waals surface area contributed by atoms with Crippen molar-refractivity contribution in [2.45, 2.75) is 12.8 Å². The predicted octanol–water partition coefficient (Wildman–Crippen LogP) is 2.92. The lowest BCUT2D eigenvalue weighted by atomic mass is 9.96. The first-order valence-electron chi connectivity index (χ1n) is 7.26. The van der Waals surface area contributed by atoms with E-state index < -0.39 is 17.7 Å². The first kappa shape index (κ1) is 14.5. The van der Waals surface area contributed by atoms with Gasteiger partial charge in [0.25, 0.3) is 5.91 Å². The van der Waals surface area contributed by atoms with Crippen molar-refractivity contribution in [3.63, 3.8) is 0 Å². The number of fused-ring (bicyclic) bond motifs is 1. The number of piperidine rings is 1. The number of halogens is 1. The molecule has 1 fully saturated rings. The van der Waals surface area contributed by atoms with Crippen LogP contribution in [0.1, 0.15) is 23.2 Å². The average molecular weight is 301 g/mol. The predicted molar refractivity (Wildman–Crippen MR) is 80.2 cm³/mol. The molecule has 0 spiro atoms. The maximum Gasteiger partial charge on any atom is 0.306 e. The van der Waals surface area contributed by atoms with Gasteiger partial charge in [-0.15, -0.1) is 0 Å². The van der Waals surface area contributed by atoms with Gasteiger partial charge in [-0.05, 0) is 35.7 Å². The molecule has 22 heavy (non-hydrogen) atoms. The summed E-state index contributed by atoms with van der Waals surface area (Å²) in [6.07, 6.45) is 0.826. The number of aliphatic carboxylic acids is 1. The lowest BCUT2D eigenvalue weighted by Gasteiger charge is -2.30. The summed E-state index contributed by atoms with van der Waals surface area (Å²) in [6.45, 7) is 0.699. The number of carboxylic acids is 1. The van der Waals surface area contributed by atoms with E-state index in [1.165, 1.54) is 11.0 Å². The van der Waals surface area contributed by atoms with Crippen LogP contribution in [0.5, 0.6) is 0 Å². The first-order chi connectivity index (χ1) is 10.6. The highest BCUT2D eigenvalue weighted by Gasteiger charge is 2.28. The highest BCUT2D eigenvalue weighted by Crippen LogP contribution is 2.23. The molecule has 1 N–H and O–H groups in total. The van der Waals surface area contributed by atoms with E-state index in [4.69, 9.17) is 5.11 Å². The molecule has 0 bridgehead atoms. The number of carboxylic acid groups (broad SMARTS) is 1. The molecule has 0 unspecified atom stereocenters. The number of benzene rings is 2. The number of likely N-dealkylation sites (tertiary alicyclic amines) is 1. The Morgan fingerprint density at radius 2 is 1.68 bits per heavy atom. The summed E-state index contributed by atoms with van der Waals surface area (Å²) in [7, 11) is 0. The number of amides is 1. The molecule has 0 aliphatic carbocycles. The van der Waals surface area contributed by atoms with Crippen LogP contribution in [0.25, 0.3) is 10.8 Å². The molecule has 3 rings (SSSR count). The van der Waals surface area contributed by atoms with Gasteiger partial charge in [-0.1, -0.05) is 24.3 Å². The molecule has 0 aromatic heterocycles. The molecular formula is C17H16FNO3. The van der Waals surface area contributed by atoms with Gasteiger partial charge in [0.1, 0.15) is 5.82 Å². The Kier molecular flexibility index (Phi) is 3.79. The van der Waals surface area contributed by atoms with Gasteiger partial charge in [0.2, 0.25) is 0 Å². The number of hydrogen-bond donors (Lipinski definition) is 1. The number of carbonyl (C=O) groups excluding carboxylic acids is 1. The highest BCUT2D eigenvalue weighted by molar-refractivity contribution is 5.99. The van der Waals surface area contributed by atoms with E-state index in [-0.39, 0.29) is 11.5 Å². The molecule has 1 heterocycles. The van der Waals surface area contributed by atoms with Gasteiger partial charge >= 0.3 is 5.97 Å². The van der Waals surface area contributed by atoms with Crippen LogP contribution in [0.2, 0.25) is 0 Å². The molecular weight excluding hydrogens is 285 g/mol. The second kappa shape index (κ2) is 5.75. The van der Waals surface area contributed by atoms with Crippen molar-refractivity contribution in [1.29, 1.82) is 0 Å². The maximum absolute atomic E-state index is 14.2. The van der Waals surface area contributed by atoms with Crippen LogP contribution < -0.4 is 0 Å². The van der Waals surface area contributed by atoms with Gasteiger partial charge in [0.05, 0.1) is 11.5 Å². The van der Waals surface area contributed by atoms with Crippen molar-refractivity contribution in [3.8, 4) is 0 Å². The van der Waals surface area contributed by atoms with Crippen LogP contribution in [0.3, 0.4) is 0 Å². The van der Waals surface area contributed by atoms with Crippen LogP contribution in [-0.4, -0.2) is 35.0 Å². The molecule has 2 aromatic carbocycles. The fourth-order valence-electron chi connectivity index (χ4n) is 2.88. The molecule has 1 aliphatic heterocycles. The Balaban J connectivity index is 1.83. The van der Waals surface area contributed by atoms with Crippen molar-refractivity contribution in [2.75, 3.05) is 13.1 Å². The van der Waals surface area contributed by atoms with Gasteiger partial charge in [-0.3, -0.25) is 9.59 Å². The van der Waals surface area contributed by atoms with E-state index >= 15 is 0 Å². The Morgan fingerprint density at radius 3 is 2.27 bits per heavy atom. The van der Waals surface area contributed by atoms with E-state index in [9.17, 15) is 14.0 Å². The van der Waals surface area contributed by atoms with Crippen molar-refractivity contribution >= 4 is 22.6 Å². The van der Waals surface area contributed by atoms with E-state index in [2.05, 4.69) is 0 Å². The zero-order chi connectivity index (χ0) is 15.7. The van der Waals surface area contributed by atoms with Crippen molar-refractivity contribution in [2.24, 2.45) is 5.92 Å². The lowest BCUT2D eigenvalue weighted by Crippen LogP contribution is -2.40. The van der Waals surface area contributed by atoms with Crippen LogP contribution in [0.4, 0.5) is 4.39 Å². The second-order valence-electron chi connectivity index (χ2n) is 5.58. The van der Waals surface area contributed by atoms with Crippen LogP contribution in [0, 0.1) is 11.7 Å². The minimum absolute atomic E-state index is 0.0486. The largest absolute Gasteiger partial charge is 0.481 e. The molecule has 1 amide bonds. The zero-order valence-corrected chi connectivity index (χ0v) is 12.0. The smallest absolute Gasteiger partial charge is 0.306 e. The molecule has 1 aliphatic rings. The molecule has 0 atom stereocenters. The van der Waals surface area contributed by atoms with Crippen LogP contribution in [-0.2, 0) is 4.79 Å². The maximum atomic E-state index is 14.2. The van der Waals surface area contributed by atoms with Crippen molar-refractivity contribution in [1.82, 2.24) is 4.90 Å². The minimum Gasteiger partial charge on any atom is -0.481 e. The summed E-state index contributed by atoms with van der Waals surface area (Å²) >= 11 is 0. The van der Waals surface area contributed by atoms with Gasteiger partial charge in [0.15, 0.2) is 0 Å². The summed E-state index contributed by atoms with van der Waals surface area (Å²) in [5.41, 5.74) is 0.0486. The molecule has 0 saturated carbocycles. The number of rotatable bonds is 2. The fourth-order valence-corrected chi connectivity index (χ4v) is 2.88. The van der Waals surface area contributed by atoms with E-state index in [1.807, 2.05) is 18.2 Å². The average Bonchev–Trinajstić information content (AvgIpc) is 2.53. The summed E-state index contributed by atoms with van der Waals surface area (Å²) in [6, 6.07) is 10.2. The highest BCUT2D eigenvalue weighted by atomic mass is 19.1. The number of nitrogens with zero attached hydrogens (tertiary/aromatic N) is 1. The Bertz CT molecular complexity index is 736. The van der Waals surface area contributed by atoms with Crippen molar-refractivity contribution < 1.29 is 19.1 Å². The normalized spacial score (nSPS) is 16.0.